The molecule has 0 bridgehead atoms. The first-order valence-corrected chi connectivity index (χ1v) is 9.32. The normalized spacial score (nSPS) is 21.8. The van der Waals surface area contributed by atoms with Crippen LogP contribution in [0.15, 0.2) is 24.5 Å². The maximum Gasteiger partial charge on any atom is 0.416 e. The van der Waals surface area contributed by atoms with Gasteiger partial charge in [-0.1, -0.05) is 19.3 Å². The van der Waals surface area contributed by atoms with E-state index in [1.165, 1.54) is 18.8 Å². The van der Waals surface area contributed by atoms with Crippen LogP contribution in [-0.4, -0.2) is 39.4 Å². The number of nitrogens with zero attached hydrogens (tertiary/aromatic N) is 3. The van der Waals surface area contributed by atoms with E-state index in [0.29, 0.717) is 18.5 Å². The predicted molar refractivity (Wildman–Crippen MR) is 95.2 cm³/mol. The zero-order valence-corrected chi connectivity index (χ0v) is 14.8. The quantitative estimate of drug-likeness (QED) is 0.877. The smallest absolute Gasteiger partial charge is 0.358 e. The van der Waals surface area contributed by atoms with Gasteiger partial charge in [0.2, 0.25) is 5.91 Å². The molecule has 2 aliphatic rings. The molecule has 1 aliphatic heterocycles. The molecular formula is C19H21F3N4O. The molecule has 4 rings (SSSR count). The van der Waals surface area contributed by atoms with Crippen LogP contribution >= 0.6 is 0 Å². The van der Waals surface area contributed by atoms with Crippen LogP contribution in [0.1, 0.15) is 44.1 Å². The summed E-state index contributed by atoms with van der Waals surface area (Å²) in [5.74, 6) is 0.288. The zero-order valence-electron chi connectivity index (χ0n) is 14.8. The number of benzene rings is 1. The monoisotopic (exact) mass is 378 g/mol. The molecule has 1 aromatic heterocycles. The van der Waals surface area contributed by atoms with E-state index in [4.69, 9.17) is 0 Å². The summed E-state index contributed by atoms with van der Waals surface area (Å²) in [6, 6.07) is 3.20. The molecule has 8 heteroatoms. The Labute approximate surface area is 155 Å². The van der Waals surface area contributed by atoms with E-state index in [-0.39, 0.29) is 23.2 Å². The molecule has 1 aromatic carbocycles. The highest BCUT2D eigenvalue weighted by atomic mass is 19.4. The van der Waals surface area contributed by atoms with Gasteiger partial charge in [-0.2, -0.15) is 13.2 Å². The van der Waals surface area contributed by atoms with Gasteiger partial charge >= 0.3 is 6.18 Å². The van der Waals surface area contributed by atoms with Crippen molar-refractivity contribution in [2.24, 2.45) is 0 Å². The number of hydrogen-bond acceptors (Lipinski definition) is 4. The minimum Gasteiger partial charge on any atom is -0.358 e. The van der Waals surface area contributed by atoms with Crippen LogP contribution in [0, 0.1) is 0 Å². The van der Waals surface area contributed by atoms with Crippen molar-refractivity contribution in [2.45, 2.75) is 56.8 Å². The molecule has 1 saturated heterocycles. The molecule has 5 nitrogen and oxygen atoms in total. The van der Waals surface area contributed by atoms with Gasteiger partial charge in [-0.25, -0.2) is 9.97 Å². The number of carbonyl (C=O) groups is 1. The molecule has 1 aliphatic carbocycles. The molecule has 2 heterocycles. The number of hydrogen-bond donors (Lipinski definition) is 1. The van der Waals surface area contributed by atoms with Crippen molar-refractivity contribution in [3.63, 3.8) is 0 Å². The zero-order chi connectivity index (χ0) is 19.0. The first kappa shape index (κ1) is 18.0. The molecule has 1 N–H and O–H groups in total. The number of nitrogens with one attached hydrogen (secondary N) is 1. The van der Waals surface area contributed by atoms with Gasteiger partial charge in [0.25, 0.3) is 0 Å². The Kier molecular flexibility index (Phi) is 4.65. The average Bonchev–Trinajstić information content (AvgIpc) is 3.02. The molecule has 1 atom stereocenters. The van der Waals surface area contributed by atoms with Gasteiger partial charge in [0, 0.05) is 18.0 Å². The molecule has 2 fully saturated rings. The molecule has 0 spiro atoms. The van der Waals surface area contributed by atoms with Gasteiger partial charge in [0.1, 0.15) is 18.2 Å². The van der Waals surface area contributed by atoms with E-state index >= 15 is 0 Å². The second-order valence-corrected chi connectivity index (χ2v) is 7.26. The fourth-order valence-electron chi connectivity index (χ4n) is 4.10. The van der Waals surface area contributed by atoms with Gasteiger partial charge in [0.05, 0.1) is 11.1 Å². The number of amides is 1. The first-order chi connectivity index (χ1) is 12.9. The molecule has 1 amide bonds. The Morgan fingerprint density at radius 2 is 1.85 bits per heavy atom. The fourth-order valence-corrected chi connectivity index (χ4v) is 4.10. The highest BCUT2D eigenvalue weighted by molar-refractivity contribution is 5.93. The van der Waals surface area contributed by atoms with Crippen molar-refractivity contribution >= 4 is 22.6 Å². The van der Waals surface area contributed by atoms with Crippen molar-refractivity contribution in [1.82, 2.24) is 14.9 Å². The summed E-state index contributed by atoms with van der Waals surface area (Å²) >= 11 is 0. The van der Waals surface area contributed by atoms with Gasteiger partial charge in [-0.05, 0) is 37.5 Å². The van der Waals surface area contributed by atoms with Crippen molar-refractivity contribution in [3.8, 4) is 0 Å². The maximum atomic E-state index is 13.0. The minimum atomic E-state index is -4.44. The standard InChI is InChI=1S/C19H21F3N4O/c20-19(21,22)12-6-7-15-14(10-12)17(24-11-23-15)25-16-8-9-26(18(16)27)13-4-2-1-3-5-13/h6-7,10-11,13,16H,1-5,8-9H2,(H,23,24,25). The number of fused-ring (bicyclic) bond motifs is 1. The number of carbonyl (C=O) groups excluding carboxylic acids is 1. The third kappa shape index (κ3) is 3.57. The Balaban J connectivity index is 1.57. The molecule has 144 valence electrons. The Bertz CT molecular complexity index is 848. The van der Waals surface area contributed by atoms with Crippen LogP contribution in [-0.2, 0) is 11.0 Å². The van der Waals surface area contributed by atoms with Gasteiger partial charge in [-0.15, -0.1) is 0 Å². The number of aromatic nitrogens is 2. The SMILES string of the molecule is O=C1C(Nc2ncnc3ccc(C(F)(F)F)cc23)CCN1C1CCCCC1. The number of anilines is 1. The summed E-state index contributed by atoms with van der Waals surface area (Å²) in [5.41, 5.74) is -0.343. The molecule has 0 radical (unpaired) electrons. The Morgan fingerprint density at radius 1 is 1.07 bits per heavy atom. The summed E-state index contributed by atoms with van der Waals surface area (Å²) in [7, 11) is 0. The topological polar surface area (TPSA) is 58.1 Å². The second kappa shape index (κ2) is 6.98. The fraction of sp³-hybridized carbons (Fsp3) is 0.526. The number of halogens is 3. The molecule has 1 unspecified atom stereocenters. The van der Waals surface area contributed by atoms with Gasteiger partial charge in [0.15, 0.2) is 0 Å². The van der Waals surface area contributed by atoms with Crippen LogP contribution in [0.25, 0.3) is 10.9 Å². The molecule has 27 heavy (non-hydrogen) atoms. The third-order valence-corrected chi connectivity index (χ3v) is 5.53. The predicted octanol–water partition coefficient (Wildman–Crippen LogP) is 3.99. The summed E-state index contributed by atoms with van der Waals surface area (Å²) in [6.07, 6.45) is 3.05. The van der Waals surface area contributed by atoms with E-state index < -0.39 is 17.8 Å². The third-order valence-electron chi connectivity index (χ3n) is 5.53. The Hall–Kier alpha value is -2.38. The minimum absolute atomic E-state index is 0.0145. The van der Waals surface area contributed by atoms with Crippen LogP contribution in [0.3, 0.4) is 0 Å². The highest BCUT2D eigenvalue weighted by Crippen LogP contribution is 2.33. The summed E-state index contributed by atoms with van der Waals surface area (Å²) < 4.78 is 39.1. The summed E-state index contributed by atoms with van der Waals surface area (Å²) in [5, 5.41) is 3.35. The largest absolute Gasteiger partial charge is 0.416 e. The van der Waals surface area contributed by atoms with E-state index in [1.807, 2.05) is 4.90 Å². The number of alkyl halides is 3. The van der Waals surface area contributed by atoms with Crippen molar-refractivity contribution in [2.75, 3.05) is 11.9 Å². The van der Waals surface area contributed by atoms with Crippen molar-refractivity contribution in [1.29, 1.82) is 0 Å². The van der Waals surface area contributed by atoms with Gasteiger partial charge < -0.3 is 10.2 Å². The van der Waals surface area contributed by atoms with E-state index in [9.17, 15) is 18.0 Å². The molecule has 1 saturated carbocycles. The first-order valence-electron chi connectivity index (χ1n) is 9.32. The van der Waals surface area contributed by atoms with Crippen molar-refractivity contribution < 1.29 is 18.0 Å². The van der Waals surface area contributed by atoms with E-state index in [1.54, 1.807) is 0 Å². The van der Waals surface area contributed by atoms with Crippen LogP contribution in [0.2, 0.25) is 0 Å². The Morgan fingerprint density at radius 3 is 2.59 bits per heavy atom. The number of likely N-dealkylation sites (tertiary alicyclic amines) is 1. The molecular weight excluding hydrogens is 357 g/mol. The number of rotatable bonds is 3. The maximum absolute atomic E-state index is 13.0. The van der Waals surface area contributed by atoms with Crippen LogP contribution in [0.5, 0.6) is 0 Å². The lowest BCUT2D eigenvalue weighted by Gasteiger charge is -2.31. The van der Waals surface area contributed by atoms with Crippen LogP contribution < -0.4 is 5.32 Å². The van der Waals surface area contributed by atoms with Gasteiger partial charge in [-0.3, -0.25) is 4.79 Å². The van der Waals surface area contributed by atoms with Crippen LogP contribution in [0.4, 0.5) is 19.0 Å². The lowest BCUT2D eigenvalue weighted by Crippen LogP contribution is -2.41. The average molecular weight is 378 g/mol. The lowest BCUT2D eigenvalue weighted by atomic mass is 9.94. The summed E-state index contributed by atoms with van der Waals surface area (Å²) in [4.78, 5) is 22.9. The van der Waals surface area contributed by atoms with E-state index in [2.05, 4.69) is 15.3 Å². The summed E-state index contributed by atoms with van der Waals surface area (Å²) in [6.45, 7) is 0.679. The van der Waals surface area contributed by atoms with E-state index in [0.717, 1.165) is 37.8 Å². The highest BCUT2D eigenvalue weighted by Gasteiger charge is 2.37. The lowest BCUT2D eigenvalue weighted by molar-refractivity contribution is -0.137. The molecule has 2 aromatic rings. The second-order valence-electron chi connectivity index (χ2n) is 7.26. The van der Waals surface area contributed by atoms with Crippen molar-refractivity contribution in [3.05, 3.63) is 30.1 Å².